The first-order chi connectivity index (χ1) is 34.3. The number of phenols is 1. The molecule has 1 aromatic heterocycles. The highest BCUT2D eigenvalue weighted by Crippen LogP contribution is 2.20. The van der Waals surface area contributed by atoms with Crippen molar-refractivity contribution in [2.45, 2.75) is 134 Å². The standard InChI is InChI=1S/C48H68N10O15/c1-23(2)16-30(49)41(65)53-36(20-39(63)64)46(70)55-34(18-26-10-12-28(61)13-11-26)44(68)57-37(22-59)47(71)56-35(19-27-21-51-31-9-7-6-8-29(27)31)45(69)54-33(17-24(3)4)43(67)52-32(14-15-38(50)62)42(66)58-40(25(5)60)48(72)73/h6-13,21,23-25,30,32-37,40,51,59-61H,14-20,22,49H2,1-5H3,(H2,50,62)(H,52,67)(H,53,65)(H,54,69)(H,55,70)(H,56,71)(H,57,68)(H,58,66)(H,63,64)(H,72,73). The number of hydrogen-bond donors (Lipinski definition) is 15. The molecule has 0 saturated carbocycles. The Bertz CT molecular complexity index is 2430. The predicted molar refractivity (Wildman–Crippen MR) is 261 cm³/mol. The third kappa shape index (κ3) is 19.5. The van der Waals surface area contributed by atoms with Crippen molar-refractivity contribution in [2.24, 2.45) is 23.3 Å². The van der Waals surface area contributed by atoms with E-state index in [9.17, 15) is 73.5 Å². The molecule has 0 fully saturated rings. The highest BCUT2D eigenvalue weighted by Gasteiger charge is 2.36. The summed E-state index contributed by atoms with van der Waals surface area (Å²) in [7, 11) is 0. The van der Waals surface area contributed by atoms with Crippen LogP contribution in [0.1, 0.15) is 77.8 Å². The third-order valence-corrected chi connectivity index (χ3v) is 11.3. The van der Waals surface area contributed by atoms with Crippen LogP contribution in [-0.4, -0.2) is 151 Å². The van der Waals surface area contributed by atoms with Gasteiger partial charge in [0.1, 0.15) is 42.0 Å². The van der Waals surface area contributed by atoms with Crippen molar-refractivity contribution < 1.29 is 73.5 Å². The second-order valence-electron chi connectivity index (χ2n) is 18.5. The molecule has 0 spiro atoms. The first-order valence-corrected chi connectivity index (χ1v) is 23.5. The Morgan fingerprint density at radius 2 is 1.10 bits per heavy atom. The van der Waals surface area contributed by atoms with Gasteiger partial charge in [0.2, 0.25) is 47.3 Å². The molecule has 1 heterocycles. The quantitative estimate of drug-likeness (QED) is 0.0333. The number of phenolic OH excluding ortho intramolecular Hbond substituents is 1. The Hall–Kier alpha value is -7.64. The van der Waals surface area contributed by atoms with E-state index in [1.807, 2.05) is 0 Å². The fourth-order valence-corrected chi connectivity index (χ4v) is 7.54. The topological polar surface area (TPSA) is 424 Å². The number of aliphatic hydroxyl groups excluding tert-OH is 2. The van der Waals surface area contributed by atoms with Crippen molar-refractivity contribution in [2.75, 3.05) is 6.61 Å². The monoisotopic (exact) mass is 1020 g/mol. The molecule has 17 N–H and O–H groups in total. The Labute approximate surface area is 420 Å². The molecule has 8 amide bonds. The first-order valence-electron chi connectivity index (χ1n) is 23.5. The van der Waals surface area contributed by atoms with Crippen LogP contribution in [0.5, 0.6) is 5.75 Å². The third-order valence-electron chi connectivity index (χ3n) is 11.3. The summed E-state index contributed by atoms with van der Waals surface area (Å²) in [6.45, 7) is 7.07. The van der Waals surface area contributed by atoms with Crippen LogP contribution in [0.4, 0.5) is 0 Å². The summed E-state index contributed by atoms with van der Waals surface area (Å²) < 4.78 is 0. The van der Waals surface area contributed by atoms with E-state index < -0.39 is 140 Å². The van der Waals surface area contributed by atoms with Gasteiger partial charge in [-0.25, -0.2) is 4.79 Å². The zero-order valence-corrected chi connectivity index (χ0v) is 41.2. The smallest absolute Gasteiger partial charge is 0.328 e. The van der Waals surface area contributed by atoms with Crippen molar-refractivity contribution in [3.05, 3.63) is 65.9 Å². The molecular weight excluding hydrogens is 957 g/mol. The van der Waals surface area contributed by atoms with E-state index in [-0.39, 0.29) is 43.3 Å². The molecule has 2 aromatic carbocycles. The lowest BCUT2D eigenvalue weighted by molar-refractivity contribution is -0.145. The highest BCUT2D eigenvalue weighted by atomic mass is 16.4. The van der Waals surface area contributed by atoms with Crippen molar-refractivity contribution in [3.63, 3.8) is 0 Å². The number of aromatic hydroxyl groups is 1. The number of carbonyl (C=O) groups excluding carboxylic acids is 8. The van der Waals surface area contributed by atoms with Crippen LogP contribution in [0.15, 0.2) is 54.7 Å². The van der Waals surface area contributed by atoms with Gasteiger partial charge in [-0.1, -0.05) is 58.0 Å². The van der Waals surface area contributed by atoms with E-state index in [2.05, 4.69) is 42.2 Å². The number of carboxylic acid groups (broad SMARTS) is 2. The molecule has 25 nitrogen and oxygen atoms in total. The van der Waals surface area contributed by atoms with Gasteiger partial charge < -0.3 is 79.2 Å². The fraction of sp³-hybridized carbons (Fsp3) is 0.500. The van der Waals surface area contributed by atoms with Gasteiger partial charge in [0.15, 0.2) is 6.04 Å². The molecule has 0 aliphatic heterocycles. The molecule has 3 rings (SSSR count). The number of nitrogens with one attached hydrogen (secondary N) is 8. The molecule has 9 unspecified atom stereocenters. The van der Waals surface area contributed by atoms with Crippen LogP contribution < -0.4 is 48.7 Å². The summed E-state index contributed by atoms with van der Waals surface area (Å²) >= 11 is 0. The number of hydrogen-bond acceptors (Lipinski definition) is 14. The zero-order chi connectivity index (χ0) is 54.7. The largest absolute Gasteiger partial charge is 0.508 e. The van der Waals surface area contributed by atoms with Crippen molar-refractivity contribution >= 4 is 70.1 Å². The Morgan fingerprint density at radius 1 is 0.603 bits per heavy atom. The van der Waals surface area contributed by atoms with Crippen LogP contribution in [0.25, 0.3) is 10.9 Å². The summed E-state index contributed by atoms with van der Waals surface area (Å²) in [6.07, 6.45) is -2.18. The number of fused-ring (bicyclic) bond motifs is 1. The number of carbonyl (C=O) groups is 10. The number of nitrogens with two attached hydrogens (primary N) is 2. The van der Waals surface area contributed by atoms with Gasteiger partial charge >= 0.3 is 11.9 Å². The van der Waals surface area contributed by atoms with Crippen LogP contribution >= 0.6 is 0 Å². The number of aliphatic carboxylic acids is 2. The van der Waals surface area contributed by atoms with Crippen LogP contribution in [-0.2, 0) is 60.8 Å². The summed E-state index contributed by atoms with van der Waals surface area (Å²) in [6, 6.07) is -0.260. The summed E-state index contributed by atoms with van der Waals surface area (Å²) in [5, 5.41) is 66.9. The number of para-hydroxylation sites is 1. The number of primary amides is 1. The molecule has 0 aliphatic rings. The van der Waals surface area contributed by atoms with E-state index in [4.69, 9.17) is 11.5 Å². The predicted octanol–water partition coefficient (Wildman–Crippen LogP) is -2.33. The van der Waals surface area contributed by atoms with Crippen molar-refractivity contribution in [1.29, 1.82) is 0 Å². The van der Waals surface area contributed by atoms with Gasteiger partial charge in [0, 0.05) is 36.4 Å². The lowest BCUT2D eigenvalue weighted by Gasteiger charge is -2.28. The molecule has 0 bridgehead atoms. The van der Waals surface area contributed by atoms with Gasteiger partial charge in [-0.2, -0.15) is 0 Å². The number of aromatic amines is 1. The minimum atomic E-state index is -1.83. The summed E-state index contributed by atoms with van der Waals surface area (Å²) in [5.41, 5.74) is 12.8. The first kappa shape index (κ1) is 59.7. The molecule has 25 heteroatoms. The van der Waals surface area contributed by atoms with Gasteiger partial charge in [-0.05, 0) is 67.3 Å². The maximum atomic E-state index is 14.4. The summed E-state index contributed by atoms with van der Waals surface area (Å²) in [4.78, 5) is 135. The number of rotatable bonds is 30. The molecular formula is C48H68N10O15. The molecule has 0 radical (unpaired) electrons. The fourth-order valence-electron chi connectivity index (χ4n) is 7.54. The Morgan fingerprint density at radius 3 is 1.64 bits per heavy atom. The molecule has 3 aromatic rings. The molecule has 73 heavy (non-hydrogen) atoms. The van der Waals surface area contributed by atoms with Crippen molar-refractivity contribution in [3.8, 4) is 5.75 Å². The lowest BCUT2D eigenvalue weighted by atomic mass is 9.99. The number of benzene rings is 2. The Kier molecular flexibility index (Phi) is 23.2. The van der Waals surface area contributed by atoms with E-state index in [1.54, 1.807) is 58.2 Å². The van der Waals surface area contributed by atoms with E-state index in [0.29, 0.717) is 22.0 Å². The summed E-state index contributed by atoms with van der Waals surface area (Å²) in [5.74, 6) is -11.6. The average Bonchev–Trinajstić information content (AvgIpc) is 3.72. The van der Waals surface area contributed by atoms with Gasteiger partial charge in [-0.15, -0.1) is 0 Å². The number of amides is 8. The maximum Gasteiger partial charge on any atom is 0.328 e. The number of aliphatic hydroxyl groups is 2. The molecule has 9 atom stereocenters. The molecule has 400 valence electrons. The van der Waals surface area contributed by atoms with E-state index >= 15 is 0 Å². The Balaban J connectivity index is 1.98. The minimum absolute atomic E-state index is 0.0318. The SMILES string of the molecule is CC(C)CC(N)C(=O)NC(CC(=O)O)C(=O)NC(Cc1ccc(O)cc1)C(=O)NC(CO)C(=O)NC(Cc1c[nH]c2ccccc12)C(=O)NC(CC(C)C)C(=O)NC(CCC(N)=O)C(=O)NC(C(=O)O)C(C)O. The second kappa shape index (κ2) is 28.4. The normalized spacial score (nSPS) is 15.0. The van der Waals surface area contributed by atoms with Crippen LogP contribution in [0.3, 0.4) is 0 Å². The van der Waals surface area contributed by atoms with Gasteiger partial charge in [-0.3, -0.25) is 43.2 Å². The number of H-pyrrole nitrogens is 1. The van der Waals surface area contributed by atoms with E-state index in [1.165, 1.54) is 24.3 Å². The molecule has 0 saturated heterocycles. The number of aromatic nitrogens is 1. The van der Waals surface area contributed by atoms with Crippen molar-refractivity contribution in [1.82, 2.24) is 42.2 Å². The minimum Gasteiger partial charge on any atom is -0.508 e. The zero-order valence-electron chi connectivity index (χ0n) is 41.2. The highest BCUT2D eigenvalue weighted by molar-refractivity contribution is 5.99. The average molecular weight is 1030 g/mol. The second-order valence-corrected chi connectivity index (χ2v) is 18.5. The van der Waals surface area contributed by atoms with Crippen LogP contribution in [0.2, 0.25) is 0 Å². The van der Waals surface area contributed by atoms with Crippen LogP contribution in [0, 0.1) is 11.8 Å². The lowest BCUT2D eigenvalue weighted by Crippen LogP contribution is -2.61. The van der Waals surface area contributed by atoms with Gasteiger partial charge in [0.05, 0.1) is 25.2 Å². The molecule has 0 aliphatic carbocycles. The van der Waals surface area contributed by atoms with E-state index in [0.717, 1.165) is 6.92 Å². The maximum absolute atomic E-state index is 14.4. The number of carboxylic acids is 2. The van der Waals surface area contributed by atoms with Gasteiger partial charge in [0.25, 0.3) is 0 Å².